The van der Waals surface area contributed by atoms with E-state index in [0.717, 1.165) is 5.56 Å². The quantitative estimate of drug-likeness (QED) is 0.841. The molecule has 1 aromatic rings. The molecule has 6 heteroatoms. The Balaban J connectivity index is 2.12. The molecule has 5 nitrogen and oxygen atoms in total. The van der Waals surface area contributed by atoms with Crippen molar-refractivity contribution in [3.63, 3.8) is 0 Å². The van der Waals surface area contributed by atoms with Crippen LogP contribution in [0.5, 0.6) is 11.5 Å². The van der Waals surface area contributed by atoms with E-state index in [1.54, 1.807) is 19.1 Å². The molecule has 98 valence electrons. The van der Waals surface area contributed by atoms with Crippen LogP contribution < -0.4 is 15.2 Å². The Morgan fingerprint density at radius 3 is 2.83 bits per heavy atom. The lowest BCUT2D eigenvalue weighted by atomic mass is 10.1. The minimum Gasteiger partial charge on any atom is -0.465 e. The van der Waals surface area contributed by atoms with Gasteiger partial charge in [0.25, 0.3) is 0 Å². The van der Waals surface area contributed by atoms with E-state index < -0.39 is 12.0 Å². The zero-order valence-corrected chi connectivity index (χ0v) is 10.7. The maximum atomic E-state index is 11.4. The van der Waals surface area contributed by atoms with Crippen molar-refractivity contribution in [2.24, 2.45) is 5.73 Å². The Morgan fingerprint density at radius 1 is 1.50 bits per heavy atom. The Morgan fingerprint density at radius 2 is 2.17 bits per heavy atom. The van der Waals surface area contributed by atoms with Gasteiger partial charge in [0.1, 0.15) is 6.04 Å². The highest BCUT2D eigenvalue weighted by molar-refractivity contribution is 6.31. The Labute approximate surface area is 110 Å². The molecule has 1 aromatic carbocycles. The number of halogens is 1. The number of hydrogen-bond donors (Lipinski definition) is 1. The van der Waals surface area contributed by atoms with Gasteiger partial charge in [0, 0.05) is 11.1 Å². The molecule has 2 rings (SSSR count). The maximum absolute atomic E-state index is 11.4. The zero-order valence-electron chi connectivity index (χ0n) is 9.94. The summed E-state index contributed by atoms with van der Waals surface area (Å²) in [7, 11) is 0. The number of ether oxygens (including phenoxy) is 3. The van der Waals surface area contributed by atoms with E-state index in [1.165, 1.54) is 0 Å². The topological polar surface area (TPSA) is 70.8 Å². The Hall–Kier alpha value is -1.46. The first-order chi connectivity index (χ1) is 8.61. The second-order valence-electron chi connectivity index (χ2n) is 3.86. The van der Waals surface area contributed by atoms with Crippen LogP contribution in [-0.2, 0) is 16.0 Å². The molecular weight excluding hydrogens is 258 g/mol. The van der Waals surface area contributed by atoms with Crippen molar-refractivity contribution in [1.82, 2.24) is 0 Å². The highest BCUT2D eigenvalue weighted by atomic mass is 35.5. The van der Waals surface area contributed by atoms with Gasteiger partial charge >= 0.3 is 5.97 Å². The molecule has 0 fully saturated rings. The lowest BCUT2D eigenvalue weighted by molar-refractivity contribution is -0.144. The van der Waals surface area contributed by atoms with E-state index >= 15 is 0 Å². The van der Waals surface area contributed by atoms with Gasteiger partial charge in [-0.3, -0.25) is 4.79 Å². The van der Waals surface area contributed by atoms with Crippen molar-refractivity contribution < 1.29 is 19.0 Å². The summed E-state index contributed by atoms with van der Waals surface area (Å²) >= 11 is 6.09. The van der Waals surface area contributed by atoms with Crippen LogP contribution in [0.4, 0.5) is 0 Å². The molecule has 2 N–H and O–H groups in total. The number of carbonyl (C=O) groups excluding carboxylic acids is 1. The predicted octanol–water partition coefficient (Wildman–Crippen LogP) is 1.50. The van der Waals surface area contributed by atoms with Gasteiger partial charge in [0.05, 0.1) is 6.61 Å². The van der Waals surface area contributed by atoms with Crippen LogP contribution in [0.15, 0.2) is 12.1 Å². The molecule has 1 unspecified atom stereocenters. The third-order valence-corrected chi connectivity index (χ3v) is 2.92. The molecule has 0 spiro atoms. The summed E-state index contributed by atoms with van der Waals surface area (Å²) < 4.78 is 15.3. The molecule has 0 saturated heterocycles. The van der Waals surface area contributed by atoms with E-state index in [-0.39, 0.29) is 6.79 Å². The first kappa shape index (κ1) is 13.0. The number of rotatable bonds is 4. The number of esters is 1. The summed E-state index contributed by atoms with van der Waals surface area (Å²) in [5.41, 5.74) is 6.48. The van der Waals surface area contributed by atoms with Crippen molar-refractivity contribution in [3.8, 4) is 11.5 Å². The second-order valence-corrected chi connectivity index (χ2v) is 4.27. The molecule has 0 aliphatic carbocycles. The largest absolute Gasteiger partial charge is 0.465 e. The Kier molecular flexibility index (Phi) is 3.93. The molecule has 0 saturated carbocycles. The number of hydrogen-bond acceptors (Lipinski definition) is 5. The standard InChI is InChI=1S/C12H14ClNO4/c1-2-16-12(15)9(14)3-7-4-10-11(5-8(7)13)18-6-17-10/h4-5,9H,2-3,6,14H2,1H3. The van der Waals surface area contributed by atoms with E-state index in [2.05, 4.69) is 0 Å². The minimum atomic E-state index is -0.733. The van der Waals surface area contributed by atoms with Crippen molar-refractivity contribution in [2.45, 2.75) is 19.4 Å². The van der Waals surface area contributed by atoms with Crippen LogP contribution in [0.3, 0.4) is 0 Å². The summed E-state index contributed by atoms with van der Waals surface area (Å²) in [4.78, 5) is 11.4. The summed E-state index contributed by atoms with van der Waals surface area (Å²) in [5, 5.41) is 0.499. The number of fused-ring (bicyclic) bond motifs is 1. The number of carbonyl (C=O) groups is 1. The fraction of sp³-hybridized carbons (Fsp3) is 0.417. The fourth-order valence-corrected chi connectivity index (χ4v) is 1.92. The second kappa shape index (κ2) is 5.46. The average Bonchev–Trinajstić information content (AvgIpc) is 2.76. The number of nitrogens with two attached hydrogens (primary N) is 1. The molecule has 0 aromatic heterocycles. The van der Waals surface area contributed by atoms with Crippen LogP contribution in [0.2, 0.25) is 5.02 Å². The summed E-state index contributed by atoms with van der Waals surface area (Å²) in [6.45, 7) is 2.22. The van der Waals surface area contributed by atoms with E-state index in [9.17, 15) is 4.79 Å². The maximum Gasteiger partial charge on any atom is 0.323 e. The van der Waals surface area contributed by atoms with Gasteiger partial charge in [-0.2, -0.15) is 0 Å². The van der Waals surface area contributed by atoms with Crippen molar-refractivity contribution in [2.75, 3.05) is 13.4 Å². The van der Waals surface area contributed by atoms with Gasteiger partial charge in [0.2, 0.25) is 6.79 Å². The summed E-state index contributed by atoms with van der Waals surface area (Å²) in [6, 6.07) is 2.67. The van der Waals surface area contributed by atoms with Gasteiger partial charge in [0.15, 0.2) is 11.5 Å². The van der Waals surface area contributed by atoms with Crippen molar-refractivity contribution >= 4 is 17.6 Å². The van der Waals surface area contributed by atoms with Crippen LogP contribution in [0, 0.1) is 0 Å². The molecule has 0 bridgehead atoms. The normalized spacial score (nSPS) is 14.4. The molecule has 1 aliphatic heterocycles. The van der Waals surface area contributed by atoms with E-state index in [0.29, 0.717) is 29.5 Å². The molecule has 0 radical (unpaired) electrons. The van der Waals surface area contributed by atoms with Crippen LogP contribution in [0.1, 0.15) is 12.5 Å². The summed E-state index contributed by atoms with van der Waals surface area (Å²) in [6.07, 6.45) is 0.300. The van der Waals surface area contributed by atoms with Gasteiger partial charge in [-0.25, -0.2) is 0 Å². The summed E-state index contributed by atoms with van der Waals surface area (Å²) in [5.74, 6) is 0.783. The van der Waals surface area contributed by atoms with Crippen LogP contribution in [-0.4, -0.2) is 25.4 Å². The molecule has 1 aliphatic rings. The lowest BCUT2D eigenvalue weighted by Gasteiger charge is -2.12. The van der Waals surface area contributed by atoms with Gasteiger partial charge in [-0.1, -0.05) is 11.6 Å². The van der Waals surface area contributed by atoms with Gasteiger partial charge in [-0.05, 0) is 25.0 Å². The lowest BCUT2D eigenvalue weighted by Crippen LogP contribution is -2.34. The Bertz CT molecular complexity index is 464. The minimum absolute atomic E-state index is 0.180. The third kappa shape index (κ3) is 2.68. The van der Waals surface area contributed by atoms with Crippen molar-refractivity contribution in [1.29, 1.82) is 0 Å². The van der Waals surface area contributed by atoms with Gasteiger partial charge < -0.3 is 19.9 Å². The van der Waals surface area contributed by atoms with E-state index in [1.807, 2.05) is 0 Å². The highest BCUT2D eigenvalue weighted by Gasteiger charge is 2.21. The fourth-order valence-electron chi connectivity index (χ4n) is 1.69. The highest BCUT2D eigenvalue weighted by Crippen LogP contribution is 2.37. The first-order valence-corrected chi connectivity index (χ1v) is 6.00. The van der Waals surface area contributed by atoms with Crippen molar-refractivity contribution in [3.05, 3.63) is 22.7 Å². The third-order valence-electron chi connectivity index (χ3n) is 2.57. The monoisotopic (exact) mass is 271 g/mol. The van der Waals surface area contributed by atoms with Crippen LogP contribution >= 0.6 is 11.6 Å². The average molecular weight is 272 g/mol. The zero-order chi connectivity index (χ0) is 13.1. The molecule has 18 heavy (non-hydrogen) atoms. The number of benzene rings is 1. The molecule has 1 heterocycles. The SMILES string of the molecule is CCOC(=O)C(N)Cc1cc2c(cc1Cl)OCO2. The smallest absolute Gasteiger partial charge is 0.323 e. The molecule has 0 amide bonds. The van der Waals surface area contributed by atoms with Crippen LogP contribution in [0.25, 0.3) is 0 Å². The first-order valence-electron chi connectivity index (χ1n) is 5.62. The van der Waals surface area contributed by atoms with E-state index in [4.69, 9.17) is 31.5 Å². The predicted molar refractivity (Wildman–Crippen MR) is 65.9 cm³/mol. The van der Waals surface area contributed by atoms with Gasteiger partial charge in [-0.15, -0.1) is 0 Å². The molecular formula is C12H14ClNO4. The molecule has 1 atom stereocenters.